The number of ether oxygens (including phenoxy) is 1. The Kier molecular flexibility index (Phi) is 3.24. The van der Waals surface area contributed by atoms with Crippen molar-refractivity contribution >= 4 is 33.0 Å². The van der Waals surface area contributed by atoms with E-state index < -0.39 is 0 Å². The number of carbonyl (C=O) groups is 1. The number of rotatable bonds is 3. The van der Waals surface area contributed by atoms with Crippen molar-refractivity contribution in [2.45, 2.75) is 13.3 Å². The third-order valence-corrected chi connectivity index (χ3v) is 2.65. The Balaban J connectivity index is 2.26. The largest absolute Gasteiger partial charge is 0.466 e. The van der Waals surface area contributed by atoms with E-state index in [4.69, 9.17) is 9.15 Å². The molecule has 0 saturated heterocycles. The molecule has 0 fully saturated rings. The van der Waals surface area contributed by atoms with E-state index in [1.165, 1.54) is 0 Å². The summed E-state index contributed by atoms with van der Waals surface area (Å²) in [5, 5.41) is 0. The normalized spacial score (nSPS) is 10.6. The summed E-state index contributed by atoms with van der Waals surface area (Å²) in [4.78, 5) is 15.5. The molecular formula is C11H10BrNO3. The van der Waals surface area contributed by atoms with Crippen molar-refractivity contribution in [1.82, 2.24) is 4.98 Å². The number of halogens is 1. The molecule has 16 heavy (non-hydrogen) atoms. The van der Waals surface area contributed by atoms with Gasteiger partial charge in [0.25, 0.3) is 0 Å². The fourth-order valence-electron chi connectivity index (χ4n) is 1.37. The molecule has 1 heterocycles. The van der Waals surface area contributed by atoms with E-state index in [0.29, 0.717) is 18.1 Å². The van der Waals surface area contributed by atoms with Gasteiger partial charge in [0.05, 0.1) is 6.61 Å². The molecule has 0 aliphatic rings. The Morgan fingerprint density at radius 2 is 2.38 bits per heavy atom. The van der Waals surface area contributed by atoms with Gasteiger partial charge in [0.2, 0.25) is 5.89 Å². The molecule has 84 valence electrons. The van der Waals surface area contributed by atoms with Crippen LogP contribution in [0.4, 0.5) is 0 Å². The lowest BCUT2D eigenvalue weighted by atomic mass is 10.3. The van der Waals surface area contributed by atoms with Crippen LogP contribution in [0.3, 0.4) is 0 Å². The van der Waals surface area contributed by atoms with Gasteiger partial charge in [0, 0.05) is 4.47 Å². The maximum Gasteiger partial charge on any atom is 0.315 e. The first-order valence-corrected chi connectivity index (χ1v) is 5.69. The number of nitrogens with zero attached hydrogens (tertiary/aromatic N) is 1. The van der Waals surface area contributed by atoms with Crippen molar-refractivity contribution in [1.29, 1.82) is 0 Å². The van der Waals surface area contributed by atoms with Crippen LogP contribution in [-0.2, 0) is 16.0 Å². The molecule has 0 radical (unpaired) electrons. The summed E-state index contributed by atoms with van der Waals surface area (Å²) < 4.78 is 11.1. The van der Waals surface area contributed by atoms with E-state index in [1.54, 1.807) is 6.92 Å². The number of oxazole rings is 1. The number of fused-ring (bicyclic) bond motifs is 1. The van der Waals surface area contributed by atoms with Gasteiger partial charge < -0.3 is 9.15 Å². The Bertz CT molecular complexity index is 521. The number of para-hydroxylation sites is 1. The van der Waals surface area contributed by atoms with Gasteiger partial charge in [-0.2, -0.15) is 0 Å². The number of esters is 1. The van der Waals surface area contributed by atoms with E-state index in [9.17, 15) is 4.79 Å². The quantitative estimate of drug-likeness (QED) is 0.813. The Hall–Kier alpha value is -1.36. The lowest BCUT2D eigenvalue weighted by Crippen LogP contribution is -2.07. The molecule has 0 saturated carbocycles. The summed E-state index contributed by atoms with van der Waals surface area (Å²) in [7, 11) is 0. The minimum atomic E-state index is -0.329. The van der Waals surface area contributed by atoms with Gasteiger partial charge in [0.1, 0.15) is 11.9 Å². The molecule has 0 aliphatic heterocycles. The zero-order valence-electron chi connectivity index (χ0n) is 8.70. The minimum absolute atomic E-state index is 0.0644. The average molecular weight is 284 g/mol. The second-order valence-corrected chi connectivity index (χ2v) is 4.03. The van der Waals surface area contributed by atoms with Crippen molar-refractivity contribution < 1.29 is 13.9 Å². The van der Waals surface area contributed by atoms with Crippen LogP contribution in [0.5, 0.6) is 0 Å². The molecule has 0 amide bonds. The van der Waals surface area contributed by atoms with Crippen LogP contribution in [0.15, 0.2) is 27.1 Å². The smallest absolute Gasteiger partial charge is 0.315 e. The second-order valence-electron chi connectivity index (χ2n) is 3.18. The summed E-state index contributed by atoms with van der Waals surface area (Å²) >= 11 is 3.37. The lowest BCUT2D eigenvalue weighted by Gasteiger charge is -1.96. The number of carbonyl (C=O) groups excluding carboxylic acids is 1. The first-order valence-electron chi connectivity index (χ1n) is 4.90. The van der Waals surface area contributed by atoms with E-state index in [2.05, 4.69) is 20.9 Å². The van der Waals surface area contributed by atoms with Crippen LogP contribution in [-0.4, -0.2) is 17.6 Å². The highest BCUT2D eigenvalue weighted by molar-refractivity contribution is 9.10. The summed E-state index contributed by atoms with van der Waals surface area (Å²) in [5.41, 5.74) is 1.38. The standard InChI is InChI=1S/C11H10BrNO3/c1-2-15-10(14)6-9-13-11-7(12)4-3-5-8(11)16-9/h3-5H,2,6H2,1H3. The van der Waals surface area contributed by atoms with E-state index in [0.717, 1.165) is 9.99 Å². The summed E-state index contributed by atoms with van der Waals surface area (Å²) in [6.45, 7) is 2.13. The molecule has 0 unspecified atom stereocenters. The van der Waals surface area contributed by atoms with Gasteiger partial charge in [0.15, 0.2) is 5.58 Å². The van der Waals surface area contributed by atoms with E-state index in [-0.39, 0.29) is 12.4 Å². The van der Waals surface area contributed by atoms with Crippen molar-refractivity contribution in [3.05, 3.63) is 28.6 Å². The topological polar surface area (TPSA) is 52.3 Å². The van der Waals surface area contributed by atoms with Crippen LogP contribution in [0, 0.1) is 0 Å². The number of hydrogen-bond acceptors (Lipinski definition) is 4. The molecule has 0 N–H and O–H groups in total. The van der Waals surface area contributed by atoms with Gasteiger partial charge in [-0.25, -0.2) is 4.98 Å². The van der Waals surface area contributed by atoms with Gasteiger partial charge in [-0.15, -0.1) is 0 Å². The maximum absolute atomic E-state index is 11.2. The molecule has 2 aromatic rings. The van der Waals surface area contributed by atoms with Crippen molar-refractivity contribution in [3.63, 3.8) is 0 Å². The average Bonchev–Trinajstić information content (AvgIpc) is 2.62. The third-order valence-electron chi connectivity index (χ3n) is 2.01. The monoisotopic (exact) mass is 283 g/mol. The fraction of sp³-hybridized carbons (Fsp3) is 0.273. The number of hydrogen-bond donors (Lipinski definition) is 0. The molecule has 4 nitrogen and oxygen atoms in total. The van der Waals surface area contributed by atoms with E-state index >= 15 is 0 Å². The van der Waals surface area contributed by atoms with Crippen LogP contribution >= 0.6 is 15.9 Å². The second kappa shape index (κ2) is 4.65. The number of benzene rings is 1. The summed E-state index contributed by atoms with van der Waals surface area (Å²) in [5.74, 6) is 0.0468. The Morgan fingerprint density at radius 3 is 3.06 bits per heavy atom. The predicted octanol–water partition coefficient (Wildman–Crippen LogP) is 2.70. The van der Waals surface area contributed by atoms with Crippen molar-refractivity contribution in [2.75, 3.05) is 6.61 Å². The minimum Gasteiger partial charge on any atom is -0.466 e. The predicted molar refractivity (Wildman–Crippen MR) is 62.0 cm³/mol. The van der Waals surface area contributed by atoms with Crippen LogP contribution in [0.25, 0.3) is 11.1 Å². The highest BCUT2D eigenvalue weighted by Gasteiger charge is 2.12. The molecule has 0 atom stereocenters. The molecule has 1 aromatic carbocycles. The van der Waals surface area contributed by atoms with Crippen molar-refractivity contribution in [3.8, 4) is 0 Å². The van der Waals surface area contributed by atoms with Gasteiger partial charge in [-0.3, -0.25) is 4.79 Å². The molecular weight excluding hydrogens is 274 g/mol. The fourth-order valence-corrected chi connectivity index (χ4v) is 1.81. The highest BCUT2D eigenvalue weighted by atomic mass is 79.9. The first-order chi connectivity index (χ1) is 7.70. The zero-order chi connectivity index (χ0) is 11.5. The SMILES string of the molecule is CCOC(=O)Cc1nc2c(Br)cccc2o1. The van der Waals surface area contributed by atoms with E-state index in [1.807, 2.05) is 18.2 Å². The summed E-state index contributed by atoms with van der Waals surface area (Å²) in [6, 6.07) is 5.53. The molecule has 0 bridgehead atoms. The highest BCUT2D eigenvalue weighted by Crippen LogP contribution is 2.24. The lowest BCUT2D eigenvalue weighted by molar-refractivity contribution is -0.142. The van der Waals surface area contributed by atoms with Crippen LogP contribution in [0.2, 0.25) is 0 Å². The third kappa shape index (κ3) is 2.24. The Morgan fingerprint density at radius 1 is 1.56 bits per heavy atom. The zero-order valence-corrected chi connectivity index (χ0v) is 10.3. The molecule has 1 aromatic heterocycles. The molecule has 5 heteroatoms. The van der Waals surface area contributed by atoms with Crippen LogP contribution in [0.1, 0.15) is 12.8 Å². The van der Waals surface area contributed by atoms with Gasteiger partial charge in [-0.1, -0.05) is 6.07 Å². The number of aromatic nitrogens is 1. The molecule has 2 rings (SSSR count). The molecule has 0 spiro atoms. The maximum atomic E-state index is 11.2. The summed E-state index contributed by atoms with van der Waals surface area (Å²) in [6.07, 6.45) is 0.0644. The van der Waals surface area contributed by atoms with Gasteiger partial charge >= 0.3 is 5.97 Å². The van der Waals surface area contributed by atoms with Crippen molar-refractivity contribution in [2.24, 2.45) is 0 Å². The van der Waals surface area contributed by atoms with Crippen LogP contribution < -0.4 is 0 Å². The van der Waals surface area contributed by atoms with Gasteiger partial charge in [-0.05, 0) is 35.0 Å². The molecule has 0 aliphatic carbocycles. The first kappa shape index (κ1) is 11.1. The Labute approximate surface area is 101 Å².